The van der Waals surface area contributed by atoms with Gasteiger partial charge in [0.15, 0.2) is 0 Å². The molecule has 2 fully saturated rings. The van der Waals surface area contributed by atoms with E-state index in [1.807, 2.05) is 43.3 Å². The highest BCUT2D eigenvalue weighted by Crippen LogP contribution is 2.36. The van der Waals surface area contributed by atoms with Gasteiger partial charge in [0.25, 0.3) is 0 Å². The molecule has 2 aliphatic rings. The number of rotatable bonds is 4. The van der Waals surface area contributed by atoms with Gasteiger partial charge in [-0.1, -0.05) is 125 Å². The summed E-state index contributed by atoms with van der Waals surface area (Å²) in [6.45, 7) is 8.59. The topological polar surface area (TPSA) is 55.8 Å². The molecule has 0 aromatic heterocycles. The van der Waals surface area contributed by atoms with Crippen molar-refractivity contribution in [2.24, 2.45) is 17.8 Å². The van der Waals surface area contributed by atoms with Crippen molar-refractivity contribution in [3.63, 3.8) is 0 Å². The molecule has 2 aliphatic heterocycles. The zero-order valence-corrected chi connectivity index (χ0v) is 26.2. The first-order valence-electron chi connectivity index (χ1n) is 16.4. The van der Waals surface area contributed by atoms with Crippen molar-refractivity contribution in [2.45, 2.75) is 116 Å². The Kier molecular flexibility index (Phi) is 12.5. The fourth-order valence-electron chi connectivity index (χ4n) is 6.67. The first-order valence-corrected chi connectivity index (χ1v) is 16.4. The summed E-state index contributed by atoms with van der Waals surface area (Å²) in [5.74, 6) is 0.286. The molecule has 228 valence electrons. The third kappa shape index (κ3) is 9.67. The normalized spacial score (nSPS) is 32.3. The van der Waals surface area contributed by atoms with Gasteiger partial charge >= 0.3 is 5.97 Å². The maximum atomic E-state index is 13.2. The summed E-state index contributed by atoms with van der Waals surface area (Å²) in [6, 6.07) is 20.7. The fraction of sp³-hybridized carbons (Fsp3) is 0.553. The van der Waals surface area contributed by atoms with Crippen molar-refractivity contribution in [2.75, 3.05) is 0 Å². The van der Waals surface area contributed by atoms with E-state index in [0.717, 1.165) is 74.5 Å². The maximum Gasteiger partial charge on any atom is 0.308 e. The van der Waals surface area contributed by atoms with Crippen LogP contribution < -0.4 is 0 Å². The van der Waals surface area contributed by atoms with Gasteiger partial charge in [0, 0.05) is 6.42 Å². The molecule has 0 aliphatic carbocycles. The average Bonchev–Trinajstić information content (AvgIpc) is 3.33. The van der Waals surface area contributed by atoms with Crippen molar-refractivity contribution in [3.8, 4) is 0 Å². The number of esters is 1. The van der Waals surface area contributed by atoms with Crippen LogP contribution in [0.3, 0.4) is 0 Å². The molecular formula is C38H52O4. The van der Waals surface area contributed by atoms with E-state index in [4.69, 9.17) is 9.47 Å². The van der Waals surface area contributed by atoms with Gasteiger partial charge in [0.2, 0.25) is 0 Å². The molecule has 4 rings (SSSR count). The van der Waals surface area contributed by atoms with E-state index in [9.17, 15) is 9.90 Å². The summed E-state index contributed by atoms with van der Waals surface area (Å²) >= 11 is 0. The zero-order valence-electron chi connectivity index (χ0n) is 26.2. The summed E-state index contributed by atoms with van der Waals surface area (Å²) in [7, 11) is 0. The van der Waals surface area contributed by atoms with Crippen LogP contribution >= 0.6 is 0 Å². The molecule has 7 atom stereocenters. The number of cyclic esters (lactones) is 1. The van der Waals surface area contributed by atoms with E-state index in [-0.39, 0.29) is 36.1 Å². The van der Waals surface area contributed by atoms with Crippen molar-refractivity contribution in [3.05, 3.63) is 82.9 Å². The zero-order chi connectivity index (χ0) is 29.9. The third-order valence-corrected chi connectivity index (χ3v) is 9.09. The number of aliphatic hydroxyl groups is 1. The largest absolute Gasteiger partial charge is 0.462 e. The minimum absolute atomic E-state index is 0.0136. The van der Waals surface area contributed by atoms with Crippen LogP contribution in [0.2, 0.25) is 0 Å². The van der Waals surface area contributed by atoms with Crippen molar-refractivity contribution in [1.82, 2.24) is 0 Å². The number of carbonyl (C=O) groups is 1. The van der Waals surface area contributed by atoms with Crippen LogP contribution in [0.15, 0.2) is 71.8 Å². The molecule has 2 unspecified atom stereocenters. The lowest BCUT2D eigenvalue weighted by molar-refractivity contribution is -0.154. The van der Waals surface area contributed by atoms with Crippen molar-refractivity contribution >= 4 is 18.1 Å². The van der Waals surface area contributed by atoms with E-state index in [0.29, 0.717) is 12.3 Å². The summed E-state index contributed by atoms with van der Waals surface area (Å²) in [4.78, 5) is 13.2. The number of benzene rings is 2. The van der Waals surface area contributed by atoms with Gasteiger partial charge in [-0.15, -0.1) is 0 Å². The summed E-state index contributed by atoms with van der Waals surface area (Å²) < 4.78 is 12.8. The molecule has 4 heteroatoms. The molecule has 0 radical (unpaired) electrons. The SMILES string of the molecule is CCCC1C/C(=C/c2ccccc2)C[C@@H](C)[C@H](O)/C(=C/c2ccccc2)C[C@H]2C[C@H](C)[C@H](CCCCC(C)C(=O)O1)O2. The monoisotopic (exact) mass is 572 g/mol. The van der Waals surface area contributed by atoms with E-state index in [2.05, 4.69) is 57.2 Å². The molecule has 0 amide bonds. The Hall–Kier alpha value is -2.69. The van der Waals surface area contributed by atoms with Gasteiger partial charge in [0.1, 0.15) is 6.10 Å². The Morgan fingerprint density at radius 1 is 0.833 bits per heavy atom. The molecule has 0 spiro atoms. The first-order chi connectivity index (χ1) is 20.3. The van der Waals surface area contributed by atoms with Gasteiger partial charge in [0.05, 0.1) is 24.2 Å². The second kappa shape index (κ2) is 16.2. The Morgan fingerprint density at radius 2 is 1.48 bits per heavy atom. The number of fused-ring (bicyclic) bond motifs is 2. The Labute approximate surface area is 254 Å². The van der Waals surface area contributed by atoms with Gasteiger partial charge in [-0.25, -0.2) is 0 Å². The molecule has 42 heavy (non-hydrogen) atoms. The number of carbonyl (C=O) groups excluding carboxylic acids is 1. The number of hydrogen-bond donors (Lipinski definition) is 1. The molecule has 2 bridgehead atoms. The smallest absolute Gasteiger partial charge is 0.308 e. The van der Waals surface area contributed by atoms with Crippen LogP contribution in [0.5, 0.6) is 0 Å². The van der Waals surface area contributed by atoms with E-state index < -0.39 is 6.10 Å². The van der Waals surface area contributed by atoms with Gasteiger partial charge < -0.3 is 14.6 Å². The highest BCUT2D eigenvalue weighted by Gasteiger charge is 2.34. The van der Waals surface area contributed by atoms with Crippen LogP contribution in [0.1, 0.15) is 103 Å². The van der Waals surface area contributed by atoms with Crippen LogP contribution in [0.4, 0.5) is 0 Å². The molecule has 0 saturated carbocycles. The molecule has 2 saturated heterocycles. The van der Waals surface area contributed by atoms with Gasteiger partial charge in [-0.3, -0.25) is 4.79 Å². The predicted molar refractivity (Wildman–Crippen MR) is 173 cm³/mol. The van der Waals surface area contributed by atoms with Crippen molar-refractivity contribution < 1.29 is 19.4 Å². The summed E-state index contributed by atoms with van der Waals surface area (Å²) in [5.41, 5.74) is 4.48. The predicted octanol–water partition coefficient (Wildman–Crippen LogP) is 9.04. The second-order valence-electron chi connectivity index (χ2n) is 12.9. The molecule has 2 heterocycles. The van der Waals surface area contributed by atoms with Crippen LogP contribution in [-0.4, -0.2) is 35.5 Å². The minimum atomic E-state index is -0.603. The van der Waals surface area contributed by atoms with E-state index in [1.54, 1.807) is 0 Å². The van der Waals surface area contributed by atoms with E-state index >= 15 is 0 Å². The maximum absolute atomic E-state index is 13.2. The third-order valence-electron chi connectivity index (χ3n) is 9.09. The Bertz CT molecular complexity index is 1150. The second-order valence-corrected chi connectivity index (χ2v) is 12.9. The highest BCUT2D eigenvalue weighted by atomic mass is 16.5. The first kappa shape index (κ1) is 32.2. The summed E-state index contributed by atoms with van der Waals surface area (Å²) in [5, 5.41) is 11.9. The molecule has 4 nitrogen and oxygen atoms in total. The quantitative estimate of drug-likeness (QED) is 0.371. The lowest BCUT2D eigenvalue weighted by atomic mass is 9.85. The lowest BCUT2D eigenvalue weighted by Gasteiger charge is -2.27. The molecule has 2 aromatic carbocycles. The standard InChI is InChI=1S/C38H52O4/c1-5-14-34-25-32(23-30-16-8-6-9-17-30)21-29(4)37(39)33(24-31-18-10-7-11-19-31)26-35-22-28(3)36(41-35)20-13-12-15-27(2)38(40)42-34/h6-11,16-19,23-24,27-29,34-37,39H,5,12-15,20-22,25-26H2,1-4H3/b32-23+,33-24+/t27?,28-,29+,34?,35+,36-,37-/m0/s1. The highest BCUT2D eigenvalue weighted by molar-refractivity contribution is 5.72. The van der Waals surface area contributed by atoms with E-state index in [1.165, 1.54) is 5.57 Å². The average molecular weight is 573 g/mol. The Balaban J connectivity index is 1.66. The summed E-state index contributed by atoms with van der Waals surface area (Å²) in [6.07, 6.45) is 12.8. The molecular weight excluding hydrogens is 520 g/mol. The number of aliphatic hydroxyl groups excluding tert-OH is 1. The fourth-order valence-corrected chi connectivity index (χ4v) is 6.67. The molecule has 2 aromatic rings. The number of ether oxygens (including phenoxy) is 2. The van der Waals surface area contributed by atoms with Crippen molar-refractivity contribution in [1.29, 1.82) is 0 Å². The lowest BCUT2D eigenvalue weighted by Crippen LogP contribution is -2.26. The van der Waals surface area contributed by atoms with Crippen LogP contribution in [0.25, 0.3) is 12.2 Å². The molecule has 1 N–H and O–H groups in total. The minimum Gasteiger partial charge on any atom is -0.462 e. The van der Waals surface area contributed by atoms with Crippen LogP contribution in [-0.2, 0) is 14.3 Å². The Morgan fingerprint density at radius 3 is 2.14 bits per heavy atom. The van der Waals surface area contributed by atoms with Crippen LogP contribution in [0, 0.1) is 17.8 Å². The van der Waals surface area contributed by atoms with Gasteiger partial charge in [-0.2, -0.15) is 0 Å². The number of hydrogen-bond acceptors (Lipinski definition) is 4. The van der Waals surface area contributed by atoms with Gasteiger partial charge in [-0.05, 0) is 67.1 Å².